The molecule has 0 aromatic carbocycles. The number of rotatable bonds is 4. The van der Waals surface area contributed by atoms with Crippen LogP contribution >= 0.6 is 11.3 Å². The summed E-state index contributed by atoms with van der Waals surface area (Å²) in [5, 5.41) is 5.46. The molecule has 1 atom stereocenters. The van der Waals surface area contributed by atoms with Crippen LogP contribution in [0.3, 0.4) is 0 Å². The zero-order valence-corrected chi connectivity index (χ0v) is 10.0. The molecule has 0 radical (unpaired) electrons. The first-order valence-electron chi connectivity index (χ1n) is 4.99. The molecule has 1 heterocycles. The fourth-order valence-corrected chi connectivity index (χ4v) is 1.94. The van der Waals surface area contributed by atoms with E-state index >= 15 is 0 Å². The lowest BCUT2D eigenvalue weighted by atomic mass is 9.97. The second-order valence-electron chi connectivity index (χ2n) is 4.81. The Labute approximate surface area is 90.5 Å². The number of hydrogen-bond acceptors (Lipinski definition) is 3. The Hall–Kier alpha value is -0.380. The molecule has 1 rings (SSSR count). The van der Waals surface area contributed by atoms with Crippen LogP contribution in [0, 0.1) is 5.41 Å². The van der Waals surface area contributed by atoms with Gasteiger partial charge in [0.2, 0.25) is 0 Å². The van der Waals surface area contributed by atoms with Crippen molar-refractivity contribution >= 4 is 11.3 Å². The average molecular weight is 212 g/mol. The van der Waals surface area contributed by atoms with E-state index in [2.05, 4.69) is 37.5 Å². The van der Waals surface area contributed by atoms with Crippen LogP contribution in [0.15, 0.2) is 17.5 Å². The van der Waals surface area contributed by atoms with Crippen LogP contribution in [0.4, 0.5) is 0 Å². The summed E-state index contributed by atoms with van der Waals surface area (Å²) in [6, 6.07) is 4.27. The molecule has 0 spiro atoms. The first-order valence-corrected chi connectivity index (χ1v) is 5.87. The maximum absolute atomic E-state index is 6.02. The molecule has 14 heavy (non-hydrogen) atoms. The SMILES string of the molecule is CC(C)(C)CNCC(N)c1cccs1. The summed E-state index contributed by atoms with van der Waals surface area (Å²) < 4.78 is 0. The third-order valence-corrected chi connectivity index (χ3v) is 2.93. The van der Waals surface area contributed by atoms with Crippen molar-refractivity contribution in [2.24, 2.45) is 11.1 Å². The van der Waals surface area contributed by atoms with E-state index in [0.29, 0.717) is 5.41 Å². The van der Waals surface area contributed by atoms with Crippen molar-refractivity contribution in [3.05, 3.63) is 22.4 Å². The van der Waals surface area contributed by atoms with E-state index in [4.69, 9.17) is 5.73 Å². The van der Waals surface area contributed by atoms with Crippen molar-refractivity contribution in [1.82, 2.24) is 5.32 Å². The average Bonchev–Trinajstić information content (AvgIpc) is 2.53. The second-order valence-corrected chi connectivity index (χ2v) is 5.79. The van der Waals surface area contributed by atoms with Crippen LogP contribution in [0.25, 0.3) is 0 Å². The molecule has 1 unspecified atom stereocenters. The summed E-state index contributed by atoms with van der Waals surface area (Å²) in [4.78, 5) is 1.26. The molecule has 0 saturated heterocycles. The summed E-state index contributed by atoms with van der Waals surface area (Å²) >= 11 is 1.72. The van der Waals surface area contributed by atoms with Crippen LogP contribution in [-0.4, -0.2) is 13.1 Å². The summed E-state index contributed by atoms with van der Waals surface area (Å²) in [5.74, 6) is 0. The maximum Gasteiger partial charge on any atom is 0.0516 e. The van der Waals surface area contributed by atoms with Gasteiger partial charge in [-0.25, -0.2) is 0 Å². The lowest BCUT2D eigenvalue weighted by Gasteiger charge is -2.20. The number of nitrogens with two attached hydrogens (primary N) is 1. The Morgan fingerprint density at radius 2 is 2.21 bits per heavy atom. The molecule has 3 N–H and O–H groups in total. The van der Waals surface area contributed by atoms with Gasteiger partial charge in [-0.2, -0.15) is 0 Å². The monoisotopic (exact) mass is 212 g/mol. The van der Waals surface area contributed by atoms with E-state index in [1.807, 2.05) is 6.07 Å². The summed E-state index contributed by atoms with van der Waals surface area (Å²) in [7, 11) is 0. The van der Waals surface area contributed by atoms with Crippen LogP contribution in [0.5, 0.6) is 0 Å². The molecule has 0 fully saturated rings. The van der Waals surface area contributed by atoms with Crippen molar-refractivity contribution in [3.63, 3.8) is 0 Å². The Bertz CT molecular complexity index is 249. The lowest BCUT2D eigenvalue weighted by Crippen LogP contribution is -2.32. The van der Waals surface area contributed by atoms with Gasteiger partial charge in [0.05, 0.1) is 6.04 Å². The van der Waals surface area contributed by atoms with Crippen LogP contribution in [0.2, 0.25) is 0 Å². The molecule has 0 aliphatic rings. The molecule has 0 saturated carbocycles. The molecule has 3 heteroatoms. The van der Waals surface area contributed by atoms with Crippen molar-refractivity contribution in [1.29, 1.82) is 0 Å². The summed E-state index contributed by atoms with van der Waals surface area (Å²) in [6.45, 7) is 8.52. The van der Waals surface area contributed by atoms with E-state index in [1.165, 1.54) is 4.88 Å². The van der Waals surface area contributed by atoms with Gasteiger partial charge in [-0.15, -0.1) is 11.3 Å². The molecule has 2 nitrogen and oxygen atoms in total. The van der Waals surface area contributed by atoms with E-state index in [9.17, 15) is 0 Å². The Kier molecular flexibility index (Phi) is 4.11. The van der Waals surface area contributed by atoms with Crippen molar-refractivity contribution in [2.75, 3.05) is 13.1 Å². The summed E-state index contributed by atoms with van der Waals surface area (Å²) in [6.07, 6.45) is 0. The molecular formula is C11H20N2S. The van der Waals surface area contributed by atoms with Gasteiger partial charge in [-0.1, -0.05) is 26.8 Å². The zero-order valence-electron chi connectivity index (χ0n) is 9.21. The predicted molar refractivity (Wildman–Crippen MR) is 63.6 cm³/mol. The van der Waals surface area contributed by atoms with Gasteiger partial charge in [0.25, 0.3) is 0 Å². The molecular weight excluding hydrogens is 192 g/mol. The van der Waals surface area contributed by atoms with Gasteiger partial charge in [0.15, 0.2) is 0 Å². The standard InChI is InChI=1S/C11H20N2S/c1-11(2,3)8-13-7-9(12)10-5-4-6-14-10/h4-6,9,13H,7-8,12H2,1-3H3. The molecule has 0 aliphatic heterocycles. The number of hydrogen-bond donors (Lipinski definition) is 2. The zero-order chi connectivity index (χ0) is 10.6. The first kappa shape index (κ1) is 11.7. The van der Waals surface area contributed by atoms with Gasteiger partial charge >= 0.3 is 0 Å². The van der Waals surface area contributed by atoms with Crippen molar-refractivity contribution in [3.8, 4) is 0 Å². The topological polar surface area (TPSA) is 38.0 Å². The quantitative estimate of drug-likeness (QED) is 0.804. The highest BCUT2D eigenvalue weighted by atomic mass is 32.1. The van der Waals surface area contributed by atoms with Crippen LogP contribution < -0.4 is 11.1 Å². The second kappa shape index (κ2) is 4.91. The van der Waals surface area contributed by atoms with E-state index in [0.717, 1.165) is 13.1 Å². The fraction of sp³-hybridized carbons (Fsp3) is 0.636. The minimum atomic E-state index is 0.136. The minimum absolute atomic E-state index is 0.136. The van der Waals surface area contributed by atoms with E-state index < -0.39 is 0 Å². The highest BCUT2D eigenvalue weighted by molar-refractivity contribution is 7.10. The molecule has 0 aliphatic carbocycles. The van der Waals surface area contributed by atoms with Crippen molar-refractivity contribution in [2.45, 2.75) is 26.8 Å². The van der Waals surface area contributed by atoms with E-state index in [1.54, 1.807) is 11.3 Å². The van der Waals surface area contributed by atoms with Crippen LogP contribution in [0.1, 0.15) is 31.7 Å². The van der Waals surface area contributed by atoms with Gasteiger partial charge < -0.3 is 11.1 Å². The van der Waals surface area contributed by atoms with Gasteiger partial charge in [-0.3, -0.25) is 0 Å². The Morgan fingerprint density at radius 3 is 2.71 bits per heavy atom. The largest absolute Gasteiger partial charge is 0.322 e. The fourth-order valence-electron chi connectivity index (χ4n) is 1.21. The van der Waals surface area contributed by atoms with E-state index in [-0.39, 0.29) is 6.04 Å². The highest BCUT2D eigenvalue weighted by Gasteiger charge is 2.11. The molecule has 1 aromatic heterocycles. The highest BCUT2D eigenvalue weighted by Crippen LogP contribution is 2.16. The van der Waals surface area contributed by atoms with Gasteiger partial charge in [0, 0.05) is 18.0 Å². The Balaban J connectivity index is 2.26. The summed E-state index contributed by atoms with van der Waals surface area (Å²) in [5.41, 5.74) is 6.35. The van der Waals surface area contributed by atoms with Crippen LogP contribution in [-0.2, 0) is 0 Å². The third-order valence-electron chi connectivity index (χ3n) is 1.93. The molecule has 80 valence electrons. The Morgan fingerprint density at radius 1 is 1.50 bits per heavy atom. The van der Waals surface area contributed by atoms with Gasteiger partial charge in [-0.05, 0) is 16.9 Å². The predicted octanol–water partition coefficient (Wildman–Crippen LogP) is 2.38. The maximum atomic E-state index is 6.02. The first-order chi connectivity index (χ1) is 6.49. The number of thiophene rings is 1. The lowest BCUT2D eigenvalue weighted by molar-refractivity contribution is 0.374. The number of nitrogens with one attached hydrogen (secondary N) is 1. The van der Waals surface area contributed by atoms with Crippen molar-refractivity contribution < 1.29 is 0 Å². The minimum Gasteiger partial charge on any atom is -0.322 e. The normalized spacial score (nSPS) is 14.3. The molecule has 0 amide bonds. The van der Waals surface area contributed by atoms with Gasteiger partial charge in [0.1, 0.15) is 0 Å². The molecule has 0 bridgehead atoms. The smallest absolute Gasteiger partial charge is 0.0516 e. The molecule has 1 aromatic rings. The third kappa shape index (κ3) is 4.22.